The molecule has 1 heterocycles. The third-order valence-electron chi connectivity index (χ3n) is 2.81. The number of rotatable bonds is 5. The van der Waals surface area contributed by atoms with Crippen LogP contribution >= 0.6 is 22.6 Å². The van der Waals surface area contributed by atoms with Gasteiger partial charge in [-0.2, -0.15) is 0 Å². The lowest BCUT2D eigenvalue weighted by molar-refractivity contribution is 0.627. The maximum absolute atomic E-state index is 13.1. The van der Waals surface area contributed by atoms with Crippen LogP contribution in [0.4, 0.5) is 21.7 Å². The van der Waals surface area contributed by atoms with Crippen LogP contribution in [0.25, 0.3) is 0 Å². The Morgan fingerprint density at radius 2 is 2.00 bits per heavy atom. The van der Waals surface area contributed by atoms with Crippen LogP contribution < -0.4 is 10.6 Å². The standard InChI is InChI=1S/C14H16FIN4/c1-3-6-17-13-9(2)14(19-8-18-13)20-12-5-4-10(15)7-11(12)16/h4-5,7-8H,3,6H2,1-2H3,(H2,17,18,19,20). The molecule has 20 heavy (non-hydrogen) atoms. The maximum Gasteiger partial charge on any atom is 0.138 e. The number of nitrogens with zero attached hydrogens (tertiary/aromatic N) is 2. The van der Waals surface area contributed by atoms with Crippen LogP contribution in [-0.4, -0.2) is 16.5 Å². The van der Waals surface area contributed by atoms with E-state index in [4.69, 9.17) is 0 Å². The van der Waals surface area contributed by atoms with Gasteiger partial charge in [0.1, 0.15) is 23.8 Å². The zero-order valence-corrected chi connectivity index (χ0v) is 13.5. The lowest BCUT2D eigenvalue weighted by atomic mass is 10.2. The lowest BCUT2D eigenvalue weighted by Gasteiger charge is -2.13. The molecule has 0 aliphatic heterocycles. The summed E-state index contributed by atoms with van der Waals surface area (Å²) < 4.78 is 13.9. The number of halogens is 2. The highest BCUT2D eigenvalue weighted by molar-refractivity contribution is 14.1. The highest BCUT2D eigenvalue weighted by atomic mass is 127. The SMILES string of the molecule is CCCNc1ncnc(Nc2ccc(F)cc2I)c1C. The maximum atomic E-state index is 13.1. The van der Waals surface area contributed by atoms with Gasteiger partial charge in [-0.3, -0.25) is 0 Å². The highest BCUT2D eigenvalue weighted by Gasteiger charge is 2.08. The van der Waals surface area contributed by atoms with Gasteiger partial charge in [0.15, 0.2) is 0 Å². The second-order valence-electron chi connectivity index (χ2n) is 4.37. The van der Waals surface area contributed by atoms with Gasteiger partial charge in [0, 0.05) is 15.7 Å². The van der Waals surface area contributed by atoms with Gasteiger partial charge in [-0.25, -0.2) is 14.4 Å². The lowest BCUT2D eigenvalue weighted by Crippen LogP contribution is -2.07. The van der Waals surface area contributed by atoms with E-state index in [1.807, 2.05) is 6.92 Å². The molecule has 2 N–H and O–H groups in total. The summed E-state index contributed by atoms with van der Waals surface area (Å²) in [5.41, 5.74) is 1.77. The van der Waals surface area contributed by atoms with Gasteiger partial charge < -0.3 is 10.6 Å². The van der Waals surface area contributed by atoms with Gasteiger partial charge in [0.25, 0.3) is 0 Å². The number of hydrogen-bond acceptors (Lipinski definition) is 4. The molecule has 1 aromatic carbocycles. The summed E-state index contributed by atoms with van der Waals surface area (Å²) in [4.78, 5) is 8.48. The van der Waals surface area contributed by atoms with Crippen LogP contribution in [0.15, 0.2) is 24.5 Å². The molecule has 0 saturated heterocycles. The van der Waals surface area contributed by atoms with E-state index < -0.39 is 0 Å². The molecule has 0 bridgehead atoms. The molecule has 0 spiro atoms. The van der Waals surface area contributed by atoms with E-state index in [2.05, 4.69) is 50.1 Å². The summed E-state index contributed by atoms with van der Waals surface area (Å²) in [7, 11) is 0. The second kappa shape index (κ2) is 6.83. The molecule has 0 atom stereocenters. The minimum absolute atomic E-state index is 0.246. The van der Waals surface area contributed by atoms with Crippen molar-refractivity contribution in [2.24, 2.45) is 0 Å². The molecular formula is C14H16FIN4. The monoisotopic (exact) mass is 386 g/mol. The Balaban J connectivity index is 2.24. The van der Waals surface area contributed by atoms with Crippen molar-refractivity contribution in [1.82, 2.24) is 9.97 Å². The Bertz CT molecular complexity index is 604. The molecule has 0 aliphatic rings. The smallest absolute Gasteiger partial charge is 0.138 e. The molecule has 0 amide bonds. The quantitative estimate of drug-likeness (QED) is 0.760. The van der Waals surface area contributed by atoms with E-state index in [1.165, 1.54) is 18.5 Å². The molecule has 4 nitrogen and oxygen atoms in total. The summed E-state index contributed by atoms with van der Waals surface area (Å²) >= 11 is 2.09. The van der Waals surface area contributed by atoms with Crippen molar-refractivity contribution in [2.45, 2.75) is 20.3 Å². The molecule has 2 aromatic rings. The van der Waals surface area contributed by atoms with Crippen molar-refractivity contribution >= 4 is 39.9 Å². The summed E-state index contributed by atoms with van der Waals surface area (Å²) in [5.74, 6) is 1.30. The highest BCUT2D eigenvalue weighted by Crippen LogP contribution is 2.26. The molecule has 6 heteroatoms. The number of hydrogen-bond donors (Lipinski definition) is 2. The predicted molar refractivity (Wildman–Crippen MR) is 87.9 cm³/mol. The van der Waals surface area contributed by atoms with Gasteiger partial charge in [0.05, 0.1) is 5.69 Å². The van der Waals surface area contributed by atoms with Crippen molar-refractivity contribution in [1.29, 1.82) is 0 Å². The number of aromatic nitrogens is 2. The van der Waals surface area contributed by atoms with Crippen LogP contribution in [0.1, 0.15) is 18.9 Å². The number of anilines is 3. The first kappa shape index (κ1) is 15.0. The topological polar surface area (TPSA) is 49.8 Å². The van der Waals surface area contributed by atoms with Crippen LogP contribution in [0, 0.1) is 16.3 Å². The third-order valence-corrected chi connectivity index (χ3v) is 3.70. The molecule has 0 aliphatic carbocycles. The third kappa shape index (κ3) is 3.56. The minimum atomic E-state index is -0.246. The first-order chi connectivity index (χ1) is 9.61. The molecular weight excluding hydrogens is 370 g/mol. The van der Waals surface area contributed by atoms with E-state index in [0.29, 0.717) is 0 Å². The molecule has 106 valence electrons. The Kier molecular flexibility index (Phi) is 5.11. The van der Waals surface area contributed by atoms with Crippen molar-refractivity contribution in [3.05, 3.63) is 39.5 Å². The zero-order chi connectivity index (χ0) is 14.5. The van der Waals surface area contributed by atoms with E-state index >= 15 is 0 Å². The fraction of sp³-hybridized carbons (Fsp3) is 0.286. The molecule has 0 unspecified atom stereocenters. The first-order valence-corrected chi connectivity index (χ1v) is 7.47. The van der Waals surface area contributed by atoms with Crippen molar-refractivity contribution < 1.29 is 4.39 Å². The zero-order valence-electron chi connectivity index (χ0n) is 11.4. The number of nitrogens with one attached hydrogen (secondary N) is 2. The van der Waals surface area contributed by atoms with E-state index in [0.717, 1.165) is 39.4 Å². The van der Waals surface area contributed by atoms with Crippen molar-refractivity contribution in [3.8, 4) is 0 Å². The largest absolute Gasteiger partial charge is 0.370 e. The predicted octanol–water partition coefficient (Wildman–Crippen LogP) is 4.09. The van der Waals surface area contributed by atoms with Gasteiger partial charge in [0.2, 0.25) is 0 Å². The normalized spacial score (nSPS) is 10.4. The fourth-order valence-corrected chi connectivity index (χ4v) is 2.33. The van der Waals surface area contributed by atoms with Gasteiger partial charge in [-0.1, -0.05) is 6.92 Å². The minimum Gasteiger partial charge on any atom is -0.370 e. The molecule has 0 saturated carbocycles. The molecule has 0 radical (unpaired) electrons. The van der Waals surface area contributed by atoms with Gasteiger partial charge in [-0.05, 0) is 54.1 Å². The molecule has 2 rings (SSSR count). The van der Waals surface area contributed by atoms with E-state index in [9.17, 15) is 4.39 Å². The van der Waals surface area contributed by atoms with Crippen molar-refractivity contribution in [2.75, 3.05) is 17.2 Å². The second-order valence-corrected chi connectivity index (χ2v) is 5.53. The molecule has 0 fully saturated rings. The van der Waals surface area contributed by atoms with Gasteiger partial charge >= 0.3 is 0 Å². The summed E-state index contributed by atoms with van der Waals surface area (Å²) in [6, 6.07) is 4.62. The number of benzene rings is 1. The summed E-state index contributed by atoms with van der Waals surface area (Å²) in [6.45, 7) is 4.92. The summed E-state index contributed by atoms with van der Waals surface area (Å²) in [5, 5.41) is 6.48. The van der Waals surface area contributed by atoms with Crippen LogP contribution in [0.2, 0.25) is 0 Å². The Morgan fingerprint density at radius 3 is 2.70 bits per heavy atom. The Morgan fingerprint density at radius 1 is 1.25 bits per heavy atom. The van der Waals surface area contributed by atoms with E-state index in [-0.39, 0.29) is 5.82 Å². The van der Waals surface area contributed by atoms with Crippen LogP contribution in [0.3, 0.4) is 0 Å². The van der Waals surface area contributed by atoms with Crippen LogP contribution in [0.5, 0.6) is 0 Å². The first-order valence-electron chi connectivity index (χ1n) is 6.39. The molecule has 1 aromatic heterocycles. The van der Waals surface area contributed by atoms with Gasteiger partial charge in [-0.15, -0.1) is 0 Å². The van der Waals surface area contributed by atoms with Crippen LogP contribution in [-0.2, 0) is 0 Å². The average Bonchev–Trinajstić information content (AvgIpc) is 2.42. The Labute approximate surface area is 131 Å². The summed E-state index contributed by atoms with van der Waals surface area (Å²) in [6.07, 6.45) is 2.55. The fourth-order valence-electron chi connectivity index (χ4n) is 1.72. The Hall–Kier alpha value is -1.44. The van der Waals surface area contributed by atoms with Crippen molar-refractivity contribution in [3.63, 3.8) is 0 Å². The van der Waals surface area contributed by atoms with E-state index in [1.54, 1.807) is 6.07 Å². The average molecular weight is 386 g/mol.